The maximum absolute atomic E-state index is 12.0. The molecule has 1 heterocycles. The highest BCUT2D eigenvalue weighted by molar-refractivity contribution is 5.27. The average Bonchev–Trinajstić information content (AvgIpc) is 2.87. The van der Waals surface area contributed by atoms with E-state index in [4.69, 9.17) is 4.42 Å². The Labute approximate surface area is 119 Å². The molecule has 4 nitrogen and oxygen atoms in total. The Balaban J connectivity index is 1.80. The number of rotatable bonds is 6. The second-order valence-electron chi connectivity index (χ2n) is 4.37. The third kappa shape index (κ3) is 5.11. The topological polar surface area (TPSA) is 47.3 Å². The first-order chi connectivity index (χ1) is 9.96. The van der Waals surface area contributed by atoms with Crippen molar-refractivity contribution in [1.29, 1.82) is 0 Å². The lowest BCUT2D eigenvalue weighted by Crippen LogP contribution is -2.17. The lowest BCUT2D eigenvalue weighted by Gasteiger charge is -2.09. The minimum atomic E-state index is -4.66. The number of nitrogens with zero attached hydrogens (tertiary/aromatic N) is 1. The van der Waals surface area contributed by atoms with Crippen molar-refractivity contribution in [2.75, 3.05) is 0 Å². The van der Waals surface area contributed by atoms with Crippen molar-refractivity contribution in [3.8, 4) is 5.75 Å². The molecule has 1 aromatic heterocycles. The molecule has 0 saturated heterocycles. The highest BCUT2D eigenvalue weighted by Crippen LogP contribution is 2.22. The fourth-order valence-electron chi connectivity index (χ4n) is 1.72. The summed E-state index contributed by atoms with van der Waals surface area (Å²) in [5.41, 5.74) is 0.840. The van der Waals surface area contributed by atoms with Crippen LogP contribution in [0.15, 0.2) is 34.9 Å². The molecule has 0 radical (unpaired) electrons. The van der Waals surface area contributed by atoms with Crippen molar-refractivity contribution in [3.63, 3.8) is 0 Å². The Bertz CT molecular complexity index is 564. The smallest absolute Gasteiger partial charge is 0.444 e. The van der Waals surface area contributed by atoms with Gasteiger partial charge in [0.1, 0.15) is 11.5 Å². The molecule has 1 N–H and O–H groups in total. The number of aryl methyl sites for hydroxylation is 1. The first-order valence-corrected chi connectivity index (χ1v) is 6.45. The number of hydrogen-bond acceptors (Lipinski definition) is 4. The molecule has 21 heavy (non-hydrogen) atoms. The van der Waals surface area contributed by atoms with Crippen molar-refractivity contribution >= 4 is 0 Å². The van der Waals surface area contributed by atoms with Crippen LogP contribution in [-0.4, -0.2) is 11.3 Å². The van der Waals surface area contributed by atoms with E-state index in [9.17, 15) is 13.2 Å². The number of aromatic nitrogens is 1. The fraction of sp³-hybridized carbons (Fsp3) is 0.357. The summed E-state index contributed by atoms with van der Waals surface area (Å²) in [4.78, 5) is 4.10. The van der Waals surface area contributed by atoms with E-state index in [0.717, 1.165) is 17.7 Å². The molecule has 1 aromatic carbocycles. The Kier molecular flexibility index (Phi) is 4.85. The van der Waals surface area contributed by atoms with E-state index in [1.54, 1.807) is 18.3 Å². The molecule has 0 aliphatic carbocycles. The maximum Gasteiger partial charge on any atom is 0.573 e. The maximum atomic E-state index is 12.0. The van der Waals surface area contributed by atoms with Crippen LogP contribution in [0.2, 0.25) is 0 Å². The van der Waals surface area contributed by atoms with Crippen molar-refractivity contribution in [3.05, 3.63) is 47.7 Å². The van der Waals surface area contributed by atoms with E-state index in [2.05, 4.69) is 15.0 Å². The van der Waals surface area contributed by atoms with E-state index in [1.165, 1.54) is 12.1 Å². The predicted octanol–water partition coefficient (Wildman–Crippen LogP) is 3.43. The van der Waals surface area contributed by atoms with E-state index in [0.29, 0.717) is 19.0 Å². The number of oxazole rings is 1. The second kappa shape index (κ2) is 6.62. The summed E-state index contributed by atoms with van der Waals surface area (Å²) in [6, 6.07) is 5.71. The number of nitrogens with one attached hydrogen (secondary N) is 1. The van der Waals surface area contributed by atoms with E-state index < -0.39 is 6.36 Å². The molecule has 2 aromatic rings. The third-order valence-corrected chi connectivity index (χ3v) is 2.71. The SMILES string of the molecule is CCc1cnc(CNCc2ccc(OC(F)(F)F)cc2)o1. The van der Waals surface area contributed by atoms with E-state index in [1.807, 2.05) is 6.92 Å². The molecule has 0 spiro atoms. The van der Waals surface area contributed by atoms with Gasteiger partial charge in [-0.2, -0.15) is 0 Å². The van der Waals surface area contributed by atoms with Crippen molar-refractivity contribution in [1.82, 2.24) is 10.3 Å². The number of alkyl halides is 3. The van der Waals surface area contributed by atoms with E-state index in [-0.39, 0.29) is 5.75 Å². The van der Waals surface area contributed by atoms with Gasteiger partial charge in [0.2, 0.25) is 5.89 Å². The molecule has 0 fully saturated rings. The van der Waals surface area contributed by atoms with Crippen molar-refractivity contribution in [2.24, 2.45) is 0 Å². The van der Waals surface area contributed by atoms with Gasteiger partial charge < -0.3 is 14.5 Å². The van der Waals surface area contributed by atoms with Crippen LogP contribution in [0.5, 0.6) is 5.75 Å². The van der Waals surface area contributed by atoms with Gasteiger partial charge in [0.15, 0.2) is 0 Å². The third-order valence-electron chi connectivity index (χ3n) is 2.71. The van der Waals surface area contributed by atoms with Crippen molar-refractivity contribution in [2.45, 2.75) is 32.8 Å². The summed E-state index contributed by atoms with van der Waals surface area (Å²) >= 11 is 0. The van der Waals surface area contributed by atoms with Crippen LogP contribution >= 0.6 is 0 Å². The molecule has 2 rings (SSSR count). The van der Waals surface area contributed by atoms with Gasteiger partial charge >= 0.3 is 6.36 Å². The van der Waals surface area contributed by atoms with Gasteiger partial charge in [0.25, 0.3) is 0 Å². The van der Waals surface area contributed by atoms with E-state index >= 15 is 0 Å². The molecule has 7 heteroatoms. The molecule has 114 valence electrons. The highest BCUT2D eigenvalue weighted by Gasteiger charge is 2.30. The zero-order valence-corrected chi connectivity index (χ0v) is 11.4. The lowest BCUT2D eigenvalue weighted by atomic mass is 10.2. The van der Waals surface area contributed by atoms with Crippen LogP contribution in [0.3, 0.4) is 0 Å². The predicted molar refractivity (Wildman–Crippen MR) is 69.5 cm³/mol. The largest absolute Gasteiger partial charge is 0.573 e. The molecule has 0 aliphatic rings. The first kappa shape index (κ1) is 15.4. The highest BCUT2D eigenvalue weighted by atomic mass is 19.4. The fourth-order valence-corrected chi connectivity index (χ4v) is 1.72. The molecule has 0 saturated carbocycles. The summed E-state index contributed by atoms with van der Waals surface area (Å²) < 4.78 is 45.3. The van der Waals surface area contributed by atoms with Crippen LogP contribution in [0, 0.1) is 0 Å². The summed E-state index contributed by atoms with van der Waals surface area (Å²) in [6.07, 6.45) is -2.20. The second-order valence-corrected chi connectivity index (χ2v) is 4.37. The minimum Gasteiger partial charge on any atom is -0.444 e. The normalized spacial score (nSPS) is 11.6. The molecular weight excluding hydrogens is 285 g/mol. The average molecular weight is 300 g/mol. The van der Waals surface area contributed by atoms with Crippen LogP contribution in [0.25, 0.3) is 0 Å². The van der Waals surface area contributed by atoms with Crippen LogP contribution in [-0.2, 0) is 19.5 Å². The van der Waals surface area contributed by atoms with Gasteiger partial charge in [-0.05, 0) is 17.7 Å². The minimum absolute atomic E-state index is 0.230. The molecule has 0 bridgehead atoms. The number of benzene rings is 1. The molecule has 0 unspecified atom stereocenters. The molecule has 0 amide bonds. The van der Waals surface area contributed by atoms with Gasteiger partial charge in [-0.25, -0.2) is 4.98 Å². The Morgan fingerprint density at radius 1 is 1.19 bits per heavy atom. The summed E-state index contributed by atoms with van der Waals surface area (Å²) in [7, 11) is 0. The summed E-state index contributed by atoms with van der Waals surface area (Å²) in [6.45, 7) is 2.93. The standard InChI is InChI=1S/C14H15F3N2O2/c1-2-11-8-19-13(20-11)9-18-7-10-3-5-12(6-4-10)21-14(15,16)17/h3-6,8,18H,2,7,9H2,1H3. The number of hydrogen-bond donors (Lipinski definition) is 1. The first-order valence-electron chi connectivity index (χ1n) is 6.45. The molecule has 0 atom stereocenters. The van der Waals surface area contributed by atoms with Gasteiger partial charge in [0.05, 0.1) is 12.7 Å². The summed E-state index contributed by atoms with van der Waals surface area (Å²) in [5, 5.41) is 3.10. The number of ether oxygens (including phenoxy) is 1. The zero-order valence-electron chi connectivity index (χ0n) is 11.4. The van der Waals surface area contributed by atoms with Crippen LogP contribution in [0.4, 0.5) is 13.2 Å². The molecular formula is C14H15F3N2O2. The number of halogens is 3. The van der Waals surface area contributed by atoms with Gasteiger partial charge in [-0.15, -0.1) is 13.2 Å². The Hall–Kier alpha value is -2.02. The monoisotopic (exact) mass is 300 g/mol. The Morgan fingerprint density at radius 2 is 1.90 bits per heavy atom. The summed E-state index contributed by atoms with van der Waals surface area (Å²) in [5.74, 6) is 1.18. The zero-order chi connectivity index (χ0) is 15.3. The van der Waals surface area contributed by atoms with Crippen molar-refractivity contribution < 1.29 is 22.3 Å². The van der Waals surface area contributed by atoms with Gasteiger partial charge in [-0.1, -0.05) is 19.1 Å². The Morgan fingerprint density at radius 3 is 2.48 bits per heavy atom. The van der Waals surface area contributed by atoms with Crippen LogP contribution in [0.1, 0.15) is 24.1 Å². The lowest BCUT2D eigenvalue weighted by molar-refractivity contribution is -0.274. The van der Waals surface area contributed by atoms with Gasteiger partial charge in [-0.3, -0.25) is 0 Å². The van der Waals surface area contributed by atoms with Gasteiger partial charge in [0, 0.05) is 13.0 Å². The quantitative estimate of drug-likeness (QED) is 0.888. The van der Waals surface area contributed by atoms with Crippen LogP contribution < -0.4 is 10.1 Å². The molecule has 0 aliphatic heterocycles.